The Kier molecular flexibility index (Phi) is 5.35. The number of ether oxygens (including phenoxy) is 2. The number of amidine groups is 1. The molecule has 27 heavy (non-hydrogen) atoms. The monoisotopic (exact) mass is 369 g/mol. The van der Waals surface area contributed by atoms with E-state index < -0.39 is 6.03 Å². The molecule has 5 N–H and O–H groups in total. The summed E-state index contributed by atoms with van der Waals surface area (Å²) in [6, 6.07) is 8.54. The molecular formula is C19H23N5O3. The minimum absolute atomic E-state index is 0.301. The molecule has 2 aliphatic rings. The van der Waals surface area contributed by atoms with Crippen LogP contribution in [0.1, 0.15) is 6.92 Å². The van der Waals surface area contributed by atoms with Crippen molar-refractivity contribution in [1.29, 1.82) is 0 Å². The van der Waals surface area contributed by atoms with Gasteiger partial charge in [-0.2, -0.15) is 0 Å². The minimum atomic E-state index is -0.708. The number of likely N-dealkylation sites (N-methyl/N-ethyl adjacent to an activating group) is 1. The molecular weight excluding hydrogens is 346 g/mol. The predicted molar refractivity (Wildman–Crippen MR) is 103 cm³/mol. The standard InChI is InChI=1S/C19H23N5O3/c1-12(17(23-19(21)25)22-14-6-4-3-5-7-14)16(20)13-10-15-18(24(2)11-13)27-9-8-26-15/h3-7,10H,8-9,11,20H2,1-2H3,(H3,21,22,23,25). The fourth-order valence-electron chi connectivity index (χ4n) is 2.84. The van der Waals surface area contributed by atoms with Crippen molar-refractivity contribution in [3.8, 4) is 0 Å². The summed E-state index contributed by atoms with van der Waals surface area (Å²) in [7, 11) is 1.90. The van der Waals surface area contributed by atoms with Gasteiger partial charge in [0.15, 0.2) is 5.76 Å². The number of benzene rings is 1. The third-order valence-corrected chi connectivity index (χ3v) is 4.19. The van der Waals surface area contributed by atoms with Gasteiger partial charge in [0, 0.05) is 24.9 Å². The summed E-state index contributed by atoms with van der Waals surface area (Å²) in [6.07, 6.45) is 1.86. The molecule has 2 amide bonds. The number of nitrogens with two attached hydrogens (primary N) is 2. The van der Waals surface area contributed by atoms with Gasteiger partial charge in [0.1, 0.15) is 19.0 Å². The Balaban J connectivity index is 1.98. The normalized spacial score (nSPS) is 17.9. The lowest BCUT2D eigenvalue weighted by Crippen LogP contribution is -2.37. The fraction of sp³-hybridized carbons (Fsp3) is 0.263. The van der Waals surface area contributed by atoms with E-state index >= 15 is 0 Å². The fourth-order valence-corrected chi connectivity index (χ4v) is 2.84. The van der Waals surface area contributed by atoms with Crippen LogP contribution in [0.25, 0.3) is 0 Å². The van der Waals surface area contributed by atoms with Crippen LogP contribution in [0.15, 0.2) is 69.9 Å². The van der Waals surface area contributed by atoms with E-state index in [1.54, 1.807) is 6.92 Å². The van der Waals surface area contributed by atoms with Crippen LogP contribution in [-0.2, 0) is 9.47 Å². The van der Waals surface area contributed by atoms with E-state index in [1.165, 1.54) is 0 Å². The summed E-state index contributed by atoms with van der Waals surface area (Å²) in [5.74, 6) is 1.64. The molecule has 0 aromatic heterocycles. The second-order valence-corrected chi connectivity index (χ2v) is 6.22. The molecule has 2 heterocycles. The molecule has 0 atom stereocenters. The molecule has 0 fully saturated rings. The van der Waals surface area contributed by atoms with Gasteiger partial charge in [-0.15, -0.1) is 0 Å². The zero-order valence-corrected chi connectivity index (χ0v) is 15.4. The van der Waals surface area contributed by atoms with Crippen molar-refractivity contribution < 1.29 is 14.3 Å². The van der Waals surface area contributed by atoms with Gasteiger partial charge in [-0.3, -0.25) is 5.32 Å². The smallest absolute Gasteiger partial charge is 0.317 e. The number of para-hydroxylation sites is 1. The van der Waals surface area contributed by atoms with Crippen LogP contribution in [-0.4, -0.2) is 43.6 Å². The lowest BCUT2D eigenvalue weighted by atomic mass is 10.0. The quantitative estimate of drug-likeness (QED) is 0.554. The lowest BCUT2D eigenvalue weighted by molar-refractivity contribution is 0.0246. The topological polar surface area (TPSA) is 115 Å². The minimum Gasteiger partial charge on any atom is -0.484 e. The largest absolute Gasteiger partial charge is 0.484 e. The second kappa shape index (κ2) is 7.86. The van der Waals surface area contributed by atoms with Crippen LogP contribution < -0.4 is 16.8 Å². The summed E-state index contributed by atoms with van der Waals surface area (Å²) >= 11 is 0. The van der Waals surface area contributed by atoms with E-state index in [4.69, 9.17) is 20.9 Å². The predicted octanol–water partition coefficient (Wildman–Crippen LogP) is 1.71. The van der Waals surface area contributed by atoms with Gasteiger partial charge in [0.25, 0.3) is 0 Å². The Hall–Kier alpha value is -3.42. The number of nitrogens with one attached hydrogen (secondary N) is 1. The number of amides is 2. The molecule has 0 bridgehead atoms. The Morgan fingerprint density at radius 3 is 2.59 bits per heavy atom. The van der Waals surface area contributed by atoms with Crippen molar-refractivity contribution in [2.24, 2.45) is 16.5 Å². The van der Waals surface area contributed by atoms with Crippen LogP contribution in [0.4, 0.5) is 10.5 Å². The first kappa shape index (κ1) is 18.4. The molecule has 3 rings (SSSR count). The van der Waals surface area contributed by atoms with Crippen LogP contribution in [0, 0.1) is 0 Å². The van der Waals surface area contributed by atoms with Gasteiger partial charge < -0.3 is 25.8 Å². The van der Waals surface area contributed by atoms with Crippen molar-refractivity contribution in [3.63, 3.8) is 0 Å². The SMILES string of the molecule is CC(C(=Nc1ccccc1)NC(N)=O)=C(N)C1=CC2=C(OCCO2)N(C)C1. The van der Waals surface area contributed by atoms with E-state index in [2.05, 4.69) is 10.3 Å². The third kappa shape index (κ3) is 4.22. The number of hydrogen-bond acceptors (Lipinski definition) is 6. The number of carbonyl (C=O) groups is 1. The van der Waals surface area contributed by atoms with Gasteiger partial charge in [-0.25, -0.2) is 9.79 Å². The van der Waals surface area contributed by atoms with E-state index in [1.807, 2.05) is 48.4 Å². The summed E-state index contributed by atoms with van der Waals surface area (Å²) in [4.78, 5) is 17.8. The van der Waals surface area contributed by atoms with E-state index in [9.17, 15) is 4.79 Å². The molecule has 142 valence electrons. The molecule has 2 aliphatic heterocycles. The van der Waals surface area contributed by atoms with E-state index in [0.29, 0.717) is 54.2 Å². The molecule has 1 aromatic carbocycles. The number of rotatable bonds is 3. The lowest BCUT2D eigenvalue weighted by Gasteiger charge is -2.32. The van der Waals surface area contributed by atoms with Gasteiger partial charge in [-0.1, -0.05) is 18.2 Å². The highest BCUT2D eigenvalue weighted by Crippen LogP contribution is 2.27. The Bertz CT molecular complexity index is 855. The maximum Gasteiger partial charge on any atom is 0.317 e. The number of carbonyl (C=O) groups excluding carboxylic acids is 1. The van der Waals surface area contributed by atoms with E-state index in [-0.39, 0.29) is 0 Å². The zero-order valence-electron chi connectivity index (χ0n) is 15.4. The number of aliphatic imine (C=N–C) groups is 1. The molecule has 0 saturated carbocycles. The molecule has 1 aromatic rings. The Morgan fingerprint density at radius 1 is 1.19 bits per heavy atom. The summed E-state index contributed by atoms with van der Waals surface area (Å²) in [6.45, 7) is 3.34. The summed E-state index contributed by atoms with van der Waals surface area (Å²) in [5, 5.41) is 2.56. The van der Waals surface area contributed by atoms with Crippen LogP contribution in [0.2, 0.25) is 0 Å². The maximum absolute atomic E-state index is 11.4. The summed E-state index contributed by atoms with van der Waals surface area (Å²) < 4.78 is 11.3. The molecule has 0 radical (unpaired) electrons. The summed E-state index contributed by atoms with van der Waals surface area (Å²) in [5.41, 5.74) is 14.3. The molecule has 0 spiro atoms. The second-order valence-electron chi connectivity index (χ2n) is 6.22. The Morgan fingerprint density at radius 2 is 1.89 bits per heavy atom. The number of nitrogens with zero attached hydrogens (tertiary/aromatic N) is 2. The van der Waals surface area contributed by atoms with Crippen LogP contribution in [0.3, 0.4) is 0 Å². The van der Waals surface area contributed by atoms with Crippen LogP contribution >= 0.6 is 0 Å². The van der Waals surface area contributed by atoms with Gasteiger partial charge in [0.05, 0.1) is 5.69 Å². The van der Waals surface area contributed by atoms with Crippen molar-refractivity contribution in [1.82, 2.24) is 10.2 Å². The zero-order chi connectivity index (χ0) is 19.4. The Labute approximate surface area is 157 Å². The van der Waals surface area contributed by atoms with Crippen molar-refractivity contribution in [2.75, 3.05) is 26.8 Å². The van der Waals surface area contributed by atoms with E-state index in [0.717, 1.165) is 5.57 Å². The first-order valence-electron chi connectivity index (χ1n) is 8.54. The van der Waals surface area contributed by atoms with Crippen LogP contribution in [0.5, 0.6) is 0 Å². The molecule has 8 heteroatoms. The highest BCUT2D eigenvalue weighted by atomic mass is 16.6. The number of urea groups is 1. The number of primary amides is 1. The average Bonchev–Trinajstić information content (AvgIpc) is 2.67. The molecule has 8 nitrogen and oxygen atoms in total. The van der Waals surface area contributed by atoms with Gasteiger partial charge in [-0.05, 0) is 30.7 Å². The first-order valence-corrected chi connectivity index (χ1v) is 8.54. The van der Waals surface area contributed by atoms with Crippen molar-refractivity contribution >= 4 is 17.6 Å². The highest BCUT2D eigenvalue weighted by Gasteiger charge is 2.25. The third-order valence-electron chi connectivity index (χ3n) is 4.19. The number of allylic oxidation sites excluding steroid dienone is 1. The maximum atomic E-state index is 11.4. The van der Waals surface area contributed by atoms with Crippen molar-refractivity contribution in [3.05, 3.63) is 64.9 Å². The van der Waals surface area contributed by atoms with Gasteiger partial charge >= 0.3 is 6.03 Å². The average molecular weight is 369 g/mol. The molecule has 0 unspecified atom stereocenters. The first-order chi connectivity index (χ1) is 13.0. The molecule has 0 aliphatic carbocycles. The highest BCUT2D eigenvalue weighted by molar-refractivity contribution is 6.08. The van der Waals surface area contributed by atoms with Crippen molar-refractivity contribution in [2.45, 2.75) is 6.92 Å². The van der Waals surface area contributed by atoms with Gasteiger partial charge in [0.2, 0.25) is 5.88 Å². The number of hydrogen-bond donors (Lipinski definition) is 3. The molecule has 0 saturated heterocycles.